The molecule has 0 aromatic heterocycles. The number of aliphatic hydroxyl groups is 1. The van der Waals surface area contributed by atoms with Crippen molar-refractivity contribution in [1.29, 1.82) is 0 Å². The summed E-state index contributed by atoms with van der Waals surface area (Å²) in [5.74, 6) is -0.495. The molecule has 1 aliphatic heterocycles. The van der Waals surface area contributed by atoms with Gasteiger partial charge in [-0.2, -0.15) is 4.72 Å². The predicted molar refractivity (Wildman–Crippen MR) is 96.9 cm³/mol. The Bertz CT molecular complexity index is 778. The van der Waals surface area contributed by atoms with Crippen LogP contribution in [0.3, 0.4) is 0 Å². The van der Waals surface area contributed by atoms with Crippen LogP contribution in [0.2, 0.25) is 0 Å². The molecule has 0 bridgehead atoms. The van der Waals surface area contributed by atoms with Gasteiger partial charge in [0.25, 0.3) is 0 Å². The SMILES string of the molecule is CS(=O)(=O)NC(O)c1cc(C2CC2)c(COCC2(F)CCNCC2)cc1F. The second-order valence-corrected chi connectivity index (χ2v) is 9.31. The van der Waals surface area contributed by atoms with E-state index in [1.54, 1.807) is 0 Å². The molecule has 1 saturated carbocycles. The third kappa shape index (κ3) is 5.68. The number of piperidine rings is 1. The zero-order chi connectivity index (χ0) is 19.7. The Morgan fingerprint density at radius 1 is 1.37 bits per heavy atom. The topological polar surface area (TPSA) is 87.7 Å². The summed E-state index contributed by atoms with van der Waals surface area (Å²) in [6, 6.07) is 2.74. The molecule has 1 saturated heterocycles. The first-order valence-electron chi connectivity index (χ1n) is 9.12. The maximum atomic E-state index is 14.6. The maximum Gasteiger partial charge on any atom is 0.211 e. The van der Waals surface area contributed by atoms with E-state index in [0.717, 1.165) is 24.7 Å². The Kier molecular flexibility index (Phi) is 6.17. The molecule has 1 atom stereocenters. The molecule has 1 aromatic carbocycles. The normalized spacial score (nSPS) is 21.2. The summed E-state index contributed by atoms with van der Waals surface area (Å²) in [6.07, 6.45) is 1.89. The van der Waals surface area contributed by atoms with Gasteiger partial charge in [-0.25, -0.2) is 17.2 Å². The van der Waals surface area contributed by atoms with Gasteiger partial charge in [0.1, 0.15) is 17.7 Å². The highest BCUT2D eigenvalue weighted by Gasteiger charge is 2.33. The number of nitrogens with one attached hydrogen (secondary N) is 2. The zero-order valence-corrected chi connectivity index (χ0v) is 16.1. The third-order valence-electron chi connectivity index (χ3n) is 5.01. The number of hydrogen-bond donors (Lipinski definition) is 3. The quantitative estimate of drug-likeness (QED) is 0.576. The van der Waals surface area contributed by atoms with Crippen LogP contribution in [0.4, 0.5) is 8.78 Å². The molecule has 6 nitrogen and oxygen atoms in total. The molecule has 1 heterocycles. The standard InChI is InChI=1S/C18H26F2N2O4S/c1-27(24,25)22-17(23)15-9-14(12-2-3-12)13(8-16(15)19)10-26-11-18(20)4-6-21-7-5-18/h8-9,12,17,21-23H,2-7,10-11H2,1H3. The number of hydrogen-bond acceptors (Lipinski definition) is 5. The van der Waals surface area contributed by atoms with Crippen molar-refractivity contribution in [2.75, 3.05) is 26.0 Å². The summed E-state index contributed by atoms with van der Waals surface area (Å²) in [5.41, 5.74) is -0.0489. The summed E-state index contributed by atoms with van der Waals surface area (Å²) in [6.45, 7) is 1.27. The van der Waals surface area contributed by atoms with Crippen molar-refractivity contribution >= 4 is 10.0 Å². The molecule has 1 aromatic rings. The maximum absolute atomic E-state index is 14.6. The van der Waals surface area contributed by atoms with Crippen LogP contribution in [-0.4, -0.2) is 45.1 Å². The molecule has 1 unspecified atom stereocenters. The third-order valence-corrected chi connectivity index (χ3v) is 5.67. The van der Waals surface area contributed by atoms with Crippen LogP contribution >= 0.6 is 0 Å². The summed E-state index contributed by atoms with van der Waals surface area (Å²) in [5, 5.41) is 13.1. The van der Waals surface area contributed by atoms with Crippen LogP contribution in [0.15, 0.2) is 12.1 Å². The number of alkyl halides is 1. The van der Waals surface area contributed by atoms with E-state index in [9.17, 15) is 22.3 Å². The predicted octanol–water partition coefficient (Wildman–Crippen LogP) is 1.85. The van der Waals surface area contributed by atoms with Gasteiger partial charge in [0, 0.05) is 5.56 Å². The summed E-state index contributed by atoms with van der Waals surface area (Å²) < 4.78 is 59.2. The minimum Gasteiger partial charge on any atom is -0.373 e. The minimum absolute atomic E-state index is 0.0413. The van der Waals surface area contributed by atoms with Crippen molar-refractivity contribution in [2.24, 2.45) is 0 Å². The molecule has 0 radical (unpaired) electrons. The molecule has 3 N–H and O–H groups in total. The van der Waals surface area contributed by atoms with Crippen molar-refractivity contribution in [3.8, 4) is 0 Å². The molecule has 0 amide bonds. The fourth-order valence-electron chi connectivity index (χ4n) is 3.39. The molecule has 2 aliphatic rings. The molecule has 3 rings (SSSR count). The van der Waals surface area contributed by atoms with Gasteiger partial charge in [0.15, 0.2) is 0 Å². The largest absolute Gasteiger partial charge is 0.373 e. The summed E-state index contributed by atoms with van der Waals surface area (Å²) in [4.78, 5) is 0. The second kappa shape index (κ2) is 8.08. The van der Waals surface area contributed by atoms with Gasteiger partial charge in [-0.05, 0) is 68.0 Å². The lowest BCUT2D eigenvalue weighted by Crippen LogP contribution is -2.41. The fraction of sp³-hybridized carbons (Fsp3) is 0.667. The first-order chi connectivity index (χ1) is 12.7. The molecule has 9 heteroatoms. The van der Waals surface area contributed by atoms with Gasteiger partial charge in [0.05, 0.1) is 19.5 Å². The van der Waals surface area contributed by atoms with E-state index >= 15 is 0 Å². The Morgan fingerprint density at radius 3 is 2.63 bits per heavy atom. The first kappa shape index (κ1) is 20.6. The lowest BCUT2D eigenvalue weighted by Gasteiger charge is -2.29. The first-order valence-corrected chi connectivity index (χ1v) is 11.0. The highest BCUT2D eigenvalue weighted by molar-refractivity contribution is 7.88. The number of sulfonamides is 1. The number of aliphatic hydroxyl groups excluding tert-OH is 1. The monoisotopic (exact) mass is 404 g/mol. The lowest BCUT2D eigenvalue weighted by atomic mass is 9.95. The van der Waals surface area contributed by atoms with Crippen LogP contribution in [-0.2, 0) is 21.4 Å². The van der Waals surface area contributed by atoms with Crippen LogP contribution in [0.1, 0.15) is 54.5 Å². The van der Waals surface area contributed by atoms with Crippen molar-refractivity contribution in [2.45, 2.75) is 50.1 Å². The molecule has 0 spiro atoms. The minimum atomic E-state index is -3.69. The highest BCUT2D eigenvalue weighted by Crippen LogP contribution is 2.43. The van der Waals surface area contributed by atoms with Crippen molar-refractivity contribution < 1.29 is 27.0 Å². The fourth-order valence-corrected chi connectivity index (χ4v) is 3.92. The Morgan fingerprint density at radius 2 is 2.04 bits per heavy atom. The van der Waals surface area contributed by atoms with Gasteiger partial charge in [-0.3, -0.25) is 0 Å². The molecule has 1 aliphatic carbocycles. The van der Waals surface area contributed by atoms with Crippen LogP contribution in [0.25, 0.3) is 0 Å². The second-order valence-electron chi connectivity index (χ2n) is 7.53. The van der Waals surface area contributed by atoms with Crippen LogP contribution in [0, 0.1) is 5.82 Å². The van der Waals surface area contributed by atoms with Gasteiger partial charge in [-0.15, -0.1) is 0 Å². The number of rotatable bonds is 8. The summed E-state index contributed by atoms with van der Waals surface area (Å²) in [7, 11) is -3.69. The van der Waals surface area contributed by atoms with E-state index in [4.69, 9.17) is 4.74 Å². The smallest absolute Gasteiger partial charge is 0.211 e. The van der Waals surface area contributed by atoms with Crippen molar-refractivity contribution in [3.63, 3.8) is 0 Å². The zero-order valence-electron chi connectivity index (χ0n) is 15.3. The molecule has 152 valence electrons. The van der Waals surface area contributed by atoms with Crippen molar-refractivity contribution in [3.05, 3.63) is 34.6 Å². The average molecular weight is 404 g/mol. The van der Waals surface area contributed by atoms with E-state index in [1.165, 1.54) is 12.1 Å². The Balaban J connectivity index is 1.72. The Labute approximate surface area is 158 Å². The van der Waals surface area contributed by atoms with E-state index in [1.807, 2.05) is 4.72 Å². The van der Waals surface area contributed by atoms with Crippen molar-refractivity contribution in [1.82, 2.24) is 10.0 Å². The Hall–Kier alpha value is -1.13. The van der Waals surface area contributed by atoms with Gasteiger partial charge < -0.3 is 15.2 Å². The molecule has 2 fully saturated rings. The number of benzene rings is 1. The lowest BCUT2D eigenvalue weighted by molar-refractivity contribution is -0.0110. The number of halogens is 2. The van der Waals surface area contributed by atoms with E-state index in [0.29, 0.717) is 31.5 Å². The van der Waals surface area contributed by atoms with E-state index in [2.05, 4.69) is 5.32 Å². The van der Waals surface area contributed by atoms with Crippen LogP contribution < -0.4 is 10.0 Å². The van der Waals surface area contributed by atoms with Crippen LogP contribution in [0.5, 0.6) is 0 Å². The molecular weight excluding hydrogens is 378 g/mol. The highest BCUT2D eigenvalue weighted by atomic mass is 32.2. The van der Waals surface area contributed by atoms with Gasteiger partial charge >= 0.3 is 0 Å². The summed E-state index contributed by atoms with van der Waals surface area (Å²) >= 11 is 0. The molecule has 27 heavy (non-hydrogen) atoms. The van der Waals surface area contributed by atoms with E-state index < -0.39 is 27.7 Å². The average Bonchev–Trinajstić information content (AvgIpc) is 3.38. The van der Waals surface area contributed by atoms with Gasteiger partial charge in [0.2, 0.25) is 10.0 Å². The molecular formula is C18H26F2N2O4S. The van der Waals surface area contributed by atoms with Gasteiger partial charge in [-0.1, -0.05) is 0 Å². The van der Waals surface area contributed by atoms with E-state index in [-0.39, 0.29) is 24.7 Å². The number of ether oxygens (including phenoxy) is 1.